The van der Waals surface area contributed by atoms with Crippen LogP contribution in [0.25, 0.3) is 0 Å². The standard InChI is InChI=1S/C15H12BrClN2O6S/c1-25-15(20)9-18(14-8-11(19(21)22)4-7-13(14)17)26(23,24)12-5-2-10(16)3-6-12/h2-8H,9H2,1H3. The van der Waals surface area contributed by atoms with Crippen molar-refractivity contribution in [1.82, 2.24) is 0 Å². The number of carbonyl (C=O) groups is 1. The third-order valence-corrected chi connectivity index (χ3v) is 5.93. The summed E-state index contributed by atoms with van der Waals surface area (Å²) in [6.45, 7) is -0.699. The molecule has 0 saturated carbocycles. The first-order valence-corrected chi connectivity index (χ1v) is 9.57. The lowest BCUT2D eigenvalue weighted by Gasteiger charge is -2.24. The maximum atomic E-state index is 13.0. The molecule has 0 aliphatic heterocycles. The molecule has 0 bridgehead atoms. The number of esters is 1. The molecule has 0 unspecified atom stereocenters. The molecular formula is C15H12BrClN2O6S. The van der Waals surface area contributed by atoms with Crippen molar-refractivity contribution in [3.8, 4) is 0 Å². The molecular weight excluding hydrogens is 452 g/mol. The van der Waals surface area contributed by atoms with Crippen LogP contribution in [0.4, 0.5) is 11.4 Å². The van der Waals surface area contributed by atoms with E-state index in [1.165, 1.54) is 30.3 Å². The fourth-order valence-corrected chi connectivity index (χ4v) is 3.97. The van der Waals surface area contributed by atoms with Crippen LogP contribution in [-0.2, 0) is 19.6 Å². The average molecular weight is 464 g/mol. The second kappa shape index (κ2) is 8.02. The summed E-state index contributed by atoms with van der Waals surface area (Å²) in [6.07, 6.45) is 0. The van der Waals surface area contributed by atoms with E-state index in [-0.39, 0.29) is 21.3 Å². The average Bonchev–Trinajstić information content (AvgIpc) is 2.60. The van der Waals surface area contributed by atoms with Gasteiger partial charge in [-0.15, -0.1) is 0 Å². The first kappa shape index (κ1) is 20.1. The van der Waals surface area contributed by atoms with Crippen molar-refractivity contribution in [1.29, 1.82) is 0 Å². The highest BCUT2D eigenvalue weighted by Crippen LogP contribution is 2.34. The molecule has 0 atom stereocenters. The van der Waals surface area contributed by atoms with Gasteiger partial charge in [0.25, 0.3) is 15.7 Å². The number of benzene rings is 2. The molecule has 2 aromatic carbocycles. The molecule has 0 aliphatic rings. The largest absolute Gasteiger partial charge is 0.468 e. The van der Waals surface area contributed by atoms with Gasteiger partial charge in [-0.2, -0.15) is 0 Å². The molecule has 0 saturated heterocycles. The summed E-state index contributed by atoms with van der Waals surface area (Å²) in [6, 6.07) is 8.99. The first-order chi connectivity index (χ1) is 12.2. The lowest BCUT2D eigenvalue weighted by molar-refractivity contribution is -0.384. The zero-order valence-electron chi connectivity index (χ0n) is 13.3. The van der Waals surface area contributed by atoms with Crippen LogP contribution in [0.3, 0.4) is 0 Å². The van der Waals surface area contributed by atoms with E-state index in [9.17, 15) is 23.3 Å². The van der Waals surface area contributed by atoms with Crippen LogP contribution in [0.5, 0.6) is 0 Å². The lowest BCUT2D eigenvalue weighted by atomic mass is 10.3. The predicted molar refractivity (Wildman–Crippen MR) is 98.8 cm³/mol. The highest BCUT2D eigenvalue weighted by Gasteiger charge is 2.30. The first-order valence-electron chi connectivity index (χ1n) is 6.96. The van der Waals surface area contributed by atoms with Crippen molar-refractivity contribution >= 4 is 54.9 Å². The fourth-order valence-electron chi connectivity index (χ4n) is 2.02. The zero-order chi connectivity index (χ0) is 19.5. The number of carbonyl (C=O) groups excluding carboxylic acids is 1. The number of hydrogen-bond acceptors (Lipinski definition) is 6. The Kier molecular flexibility index (Phi) is 6.21. The second-order valence-electron chi connectivity index (χ2n) is 4.93. The van der Waals surface area contributed by atoms with E-state index in [0.717, 1.165) is 19.2 Å². The van der Waals surface area contributed by atoms with E-state index in [2.05, 4.69) is 20.7 Å². The van der Waals surface area contributed by atoms with Crippen molar-refractivity contribution in [2.75, 3.05) is 18.0 Å². The molecule has 0 aliphatic carbocycles. The number of hydrogen-bond donors (Lipinski definition) is 0. The van der Waals surface area contributed by atoms with Gasteiger partial charge in [0.15, 0.2) is 0 Å². The van der Waals surface area contributed by atoms with Gasteiger partial charge in [-0.3, -0.25) is 19.2 Å². The SMILES string of the molecule is COC(=O)CN(c1cc([N+](=O)[O-])ccc1Cl)S(=O)(=O)c1ccc(Br)cc1. The third kappa shape index (κ3) is 4.32. The van der Waals surface area contributed by atoms with Crippen molar-refractivity contribution < 1.29 is 22.9 Å². The molecule has 2 aromatic rings. The number of nitro groups is 1. The number of non-ortho nitro benzene ring substituents is 1. The Morgan fingerprint density at radius 3 is 2.42 bits per heavy atom. The van der Waals surface area contributed by atoms with Gasteiger partial charge in [-0.05, 0) is 30.3 Å². The van der Waals surface area contributed by atoms with Crippen molar-refractivity contribution in [3.63, 3.8) is 0 Å². The monoisotopic (exact) mass is 462 g/mol. The van der Waals surface area contributed by atoms with E-state index < -0.39 is 27.5 Å². The number of nitro benzene ring substituents is 1. The van der Waals surface area contributed by atoms with Crippen LogP contribution >= 0.6 is 27.5 Å². The number of methoxy groups -OCH3 is 1. The maximum absolute atomic E-state index is 13.0. The molecule has 8 nitrogen and oxygen atoms in total. The quantitative estimate of drug-likeness (QED) is 0.369. The molecule has 0 spiro atoms. The maximum Gasteiger partial charge on any atom is 0.326 e. The molecule has 0 aromatic heterocycles. The van der Waals surface area contributed by atoms with Gasteiger partial charge in [0.2, 0.25) is 0 Å². The van der Waals surface area contributed by atoms with Gasteiger partial charge in [-0.25, -0.2) is 8.42 Å². The zero-order valence-corrected chi connectivity index (χ0v) is 16.4. The lowest BCUT2D eigenvalue weighted by Crippen LogP contribution is -2.36. The molecule has 0 heterocycles. The molecule has 26 heavy (non-hydrogen) atoms. The van der Waals surface area contributed by atoms with E-state index in [1.807, 2.05) is 0 Å². The van der Waals surface area contributed by atoms with E-state index in [4.69, 9.17) is 11.6 Å². The summed E-state index contributed by atoms with van der Waals surface area (Å²) >= 11 is 9.26. The Morgan fingerprint density at radius 2 is 1.88 bits per heavy atom. The molecule has 138 valence electrons. The summed E-state index contributed by atoms with van der Waals surface area (Å²) < 4.78 is 31.9. The number of sulfonamides is 1. The van der Waals surface area contributed by atoms with Crippen LogP contribution in [0.2, 0.25) is 5.02 Å². The van der Waals surface area contributed by atoms with Gasteiger partial charge in [0.05, 0.1) is 27.6 Å². The third-order valence-electron chi connectivity index (χ3n) is 3.31. The summed E-state index contributed by atoms with van der Waals surface area (Å²) in [5, 5.41) is 11.0. The van der Waals surface area contributed by atoms with Gasteiger partial charge < -0.3 is 4.74 Å². The Labute approximate surface area is 162 Å². The molecule has 0 fully saturated rings. The Morgan fingerprint density at radius 1 is 1.27 bits per heavy atom. The number of ether oxygens (including phenoxy) is 1. The van der Waals surface area contributed by atoms with Crippen molar-refractivity contribution in [3.05, 3.63) is 62.1 Å². The predicted octanol–water partition coefficient (Wildman–Crippen LogP) is 3.38. The van der Waals surface area contributed by atoms with E-state index in [0.29, 0.717) is 8.78 Å². The van der Waals surface area contributed by atoms with Crippen LogP contribution < -0.4 is 4.31 Å². The molecule has 11 heteroatoms. The van der Waals surface area contributed by atoms with E-state index >= 15 is 0 Å². The van der Waals surface area contributed by atoms with Gasteiger partial charge in [0.1, 0.15) is 6.54 Å². The Hall–Kier alpha value is -2.17. The number of nitrogens with zero attached hydrogens (tertiary/aromatic N) is 2. The Bertz CT molecular complexity index is 949. The molecule has 0 amide bonds. The van der Waals surface area contributed by atoms with Crippen molar-refractivity contribution in [2.24, 2.45) is 0 Å². The summed E-state index contributed by atoms with van der Waals surface area (Å²) in [5.74, 6) is -0.853. The van der Waals surface area contributed by atoms with Crippen LogP contribution in [-0.4, -0.2) is 33.0 Å². The summed E-state index contributed by atoms with van der Waals surface area (Å²) in [4.78, 5) is 22.0. The minimum absolute atomic E-state index is 0.0693. The second-order valence-corrected chi connectivity index (χ2v) is 8.12. The minimum Gasteiger partial charge on any atom is -0.468 e. The van der Waals surface area contributed by atoms with Crippen LogP contribution in [0.15, 0.2) is 51.8 Å². The van der Waals surface area contributed by atoms with Gasteiger partial charge in [-0.1, -0.05) is 27.5 Å². The topological polar surface area (TPSA) is 107 Å². The smallest absolute Gasteiger partial charge is 0.326 e. The molecule has 2 rings (SSSR count). The van der Waals surface area contributed by atoms with Crippen molar-refractivity contribution in [2.45, 2.75) is 4.90 Å². The minimum atomic E-state index is -4.24. The fraction of sp³-hybridized carbons (Fsp3) is 0.133. The highest BCUT2D eigenvalue weighted by molar-refractivity contribution is 9.10. The number of anilines is 1. The highest BCUT2D eigenvalue weighted by atomic mass is 79.9. The van der Waals surface area contributed by atoms with Crippen LogP contribution in [0.1, 0.15) is 0 Å². The normalized spacial score (nSPS) is 11.0. The molecule has 0 N–H and O–H groups in total. The summed E-state index contributed by atoms with van der Waals surface area (Å²) in [7, 11) is -3.14. The van der Waals surface area contributed by atoms with Gasteiger partial charge >= 0.3 is 5.97 Å². The van der Waals surface area contributed by atoms with Gasteiger partial charge in [0, 0.05) is 16.6 Å². The summed E-state index contributed by atoms with van der Waals surface area (Å²) in [5.41, 5.74) is -0.570. The van der Waals surface area contributed by atoms with E-state index in [1.54, 1.807) is 0 Å². The molecule has 0 radical (unpaired) electrons. The number of halogens is 2. The van der Waals surface area contributed by atoms with Crippen LogP contribution in [0, 0.1) is 10.1 Å². The Balaban J connectivity index is 2.64. The number of rotatable bonds is 6.